The van der Waals surface area contributed by atoms with Gasteiger partial charge in [-0.1, -0.05) is 23.7 Å². The van der Waals surface area contributed by atoms with E-state index in [0.717, 1.165) is 5.56 Å². The van der Waals surface area contributed by atoms with Gasteiger partial charge in [0.15, 0.2) is 17.2 Å². The third kappa shape index (κ3) is 2.40. The van der Waals surface area contributed by atoms with Crippen molar-refractivity contribution in [2.24, 2.45) is 0 Å². The highest BCUT2D eigenvalue weighted by atomic mass is 35.5. The molecule has 0 bridgehead atoms. The summed E-state index contributed by atoms with van der Waals surface area (Å²) in [7, 11) is 0. The molecule has 0 spiro atoms. The molecule has 1 aliphatic heterocycles. The Morgan fingerprint density at radius 2 is 2.29 bits per heavy atom. The molecule has 1 aliphatic rings. The molecule has 2 aromatic rings. The number of benzene rings is 1. The number of halogens is 1. The Balaban J connectivity index is 1.94. The first-order valence-corrected chi connectivity index (χ1v) is 6.71. The fourth-order valence-electron chi connectivity index (χ4n) is 2.26. The van der Waals surface area contributed by atoms with E-state index in [1.165, 1.54) is 0 Å². The lowest BCUT2D eigenvalue weighted by Crippen LogP contribution is -2.08. The van der Waals surface area contributed by atoms with Crippen LogP contribution >= 0.6 is 11.6 Å². The van der Waals surface area contributed by atoms with Gasteiger partial charge in [-0.2, -0.15) is 0 Å². The monoisotopic (exact) mass is 309 g/mol. The molecule has 0 amide bonds. The molecule has 0 unspecified atom stereocenters. The minimum absolute atomic E-state index is 0.0238. The van der Waals surface area contributed by atoms with E-state index >= 15 is 0 Å². The molecule has 0 atom stereocenters. The van der Waals surface area contributed by atoms with Gasteiger partial charge in [0.2, 0.25) is 6.79 Å². The summed E-state index contributed by atoms with van der Waals surface area (Å²) < 4.78 is 12.1. The molecule has 1 aromatic heterocycles. The maximum Gasteiger partial charge on any atom is 0.358 e. The van der Waals surface area contributed by atoms with Gasteiger partial charge >= 0.3 is 5.97 Å². The van der Waals surface area contributed by atoms with Crippen molar-refractivity contribution in [1.29, 1.82) is 0 Å². The molecule has 110 valence electrons. The zero-order chi connectivity index (χ0) is 15.0. The Bertz CT molecular complexity index is 714. The first kappa shape index (κ1) is 13.7. The van der Waals surface area contributed by atoms with Crippen molar-refractivity contribution >= 4 is 17.6 Å². The Hall–Kier alpha value is -2.28. The van der Waals surface area contributed by atoms with Gasteiger partial charge < -0.3 is 14.6 Å². The minimum atomic E-state index is -1.08. The normalized spacial score (nSPS) is 12.7. The predicted molar refractivity (Wildman–Crippen MR) is 73.0 cm³/mol. The number of hydrogen-bond acceptors (Lipinski definition) is 5. The number of ether oxygens (including phenoxy) is 2. The second-order valence-electron chi connectivity index (χ2n) is 4.51. The van der Waals surface area contributed by atoms with E-state index in [1.807, 2.05) is 6.92 Å². The molecule has 1 N–H and O–H groups in total. The van der Waals surface area contributed by atoms with Crippen molar-refractivity contribution in [3.05, 3.63) is 34.1 Å². The predicted octanol–water partition coefficient (Wildman–Crippen LogP) is 1.97. The van der Waals surface area contributed by atoms with Crippen LogP contribution in [-0.2, 0) is 13.0 Å². The molecule has 21 heavy (non-hydrogen) atoms. The molecule has 2 heterocycles. The highest BCUT2D eigenvalue weighted by Gasteiger charge is 2.21. The lowest BCUT2D eigenvalue weighted by atomic mass is 10.2. The van der Waals surface area contributed by atoms with Crippen LogP contribution in [0.2, 0.25) is 5.02 Å². The molecule has 0 saturated carbocycles. The lowest BCUT2D eigenvalue weighted by molar-refractivity contribution is 0.0689. The second-order valence-corrected chi connectivity index (χ2v) is 4.92. The number of carboxylic acid groups (broad SMARTS) is 1. The number of aromatic carboxylic acids is 1. The van der Waals surface area contributed by atoms with Crippen molar-refractivity contribution in [3.63, 3.8) is 0 Å². The van der Waals surface area contributed by atoms with Gasteiger partial charge in [0.25, 0.3) is 0 Å². The summed E-state index contributed by atoms with van der Waals surface area (Å²) in [6, 6.07) is 3.55. The standard InChI is InChI=1S/C13H12ClN3O4/c1-2-9-11(13(18)19)15-16-17(9)5-7-3-8(14)12-10(4-7)20-6-21-12/h3-4H,2,5-6H2,1H3,(H,18,19). The molecule has 0 saturated heterocycles. The van der Waals surface area contributed by atoms with E-state index in [0.29, 0.717) is 35.2 Å². The van der Waals surface area contributed by atoms with Crippen LogP contribution in [0.4, 0.5) is 0 Å². The quantitative estimate of drug-likeness (QED) is 0.929. The van der Waals surface area contributed by atoms with Crippen molar-refractivity contribution in [2.45, 2.75) is 19.9 Å². The van der Waals surface area contributed by atoms with E-state index in [9.17, 15) is 4.79 Å². The van der Waals surface area contributed by atoms with E-state index in [-0.39, 0.29) is 12.5 Å². The summed E-state index contributed by atoms with van der Waals surface area (Å²) in [6.07, 6.45) is 0.521. The van der Waals surface area contributed by atoms with Crippen LogP contribution in [0, 0.1) is 0 Å². The van der Waals surface area contributed by atoms with Crippen LogP contribution in [-0.4, -0.2) is 32.9 Å². The Labute approximate surface area is 125 Å². The lowest BCUT2D eigenvalue weighted by Gasteiger charge is -2.07. The molecule has 3 rings (SSSR count). The summed E-state index contributed by atoms with van der Waals surface area (Å²) in [5.41, 5.74) is 1.38. The SMILES string of the molecule is CCc1c(C(=O)O)nnn1Cc1cc(Cl)c2c(c1)OCO2. The van der Waals surface area contributed by atoms with Gasteiger partial charge in [-0.15, -0.1) is 5.10 Å². The highest BCUT2D eigenvalue weighted by molar-refractivity contribution is 6.32. The highest BCUT2D eigenvalue weighted by Crippen LogP contribution is 2.39. The Kier molecular flexibility index (Phi) is 3.42. The average molecular weight is 310 g/mol. The van der Waals surface area contributed by atoms with Gasteiger partial charge in [0.1, 0.15) is 0 Å². The smallest absolute Gasteiger partial charge is 0.358 e. The van der Waals surface area contributed by atoms with Crippen LogP contribution < -0.4 is 9.47 Å². The molecule has 7 nitrogen and oxygen atoms in total. The molecule has 0 radical (unpaired) electrons. The molecule has 8 heteroatoms. The molecule has 0 fully saturated rings. The van der Waals surface area contributed by atoms with Crippen LogP contribution in [0.5, 0.6) is 11.5 Å². The molecule has 1 aromatic carbocycles. The van der Waals surface area contributed by atoms with Gasteiger partial charge in [0.05, 0.1) is 17.3 Å². The second kappa shape index (κ2) is 5.25. The maximum atomic E-state index is 11.1. The maximum absolute atomic E-state index is 11.1. The average Bonchev–Trinajstić information content (AvgIpc) is 3.05. The number of carbonyl (C=O) groups is 1. The molecular formula is C13H12ClN3O4. The third-order valence-electron chi connectivity index (χ3n) is 3.19. The topological polar surface area (TPSA) is 86.5 Å². The number of rotatable bonds is 4. The van der Waals surface area contributed by atoms with Gasteiger partial charge in [-0.3, -0.25) is 0 Å². The fraction of sp³-hybridized carbons (Fsp3) is 0.308. The van der Waals surface area contributed by atoms with Gasteiger partial charge in [-0.25, -0.2) is 9.48 Å². The van der Waals surface area contributed by atoms with Crippen molar-refractivity contribution in [1.82, 2.24) is 15.0 Å². The first-order chi connectivity index (χ1) is 10.1. The minimum Gasteiger partial charge on any atom is -0.476 e. The van der Waals surface area contributed by atoms with E-state index < -0.39 is 5.97 Å². The largest absolute Gasteiger partial charge is 0.476 e. The van der Waals surface area contributed by atoms with E-state index in [4.69, 9.17) is 26.2 Å². The number of aromatic nitrogens is 3. The van der Waals surface area contributed by atoms with Crippen LogP contribution in [0.25, 0.3) is 0 Å². The zero-order valence-electron chi connectivity index (χ0n) is 11.2. The van der Waals surface area contributed by atoms with E-state index in [1.54, 1.807) is 16.8 Å². The summed E-state index contributed by atoms with van der Waals surface area (Å²) in [4.78, 5) is 11.1. The number of carboxylic acids is 1. The van der Waals surface area contributed by atoms with Gasteiger partial charge in [0, 0.05) is 0 Å². The first-order valence-electron chi connectivity index (χ1n) is 6.33. The van der Waals surface area contributed by atoms with Crippen molar-refractivity contribution < 1.29 is 19.4 Å². The zero-order valence-corrected chi connectivity index (χ0v) is 11.9. The van der Waals surface area contributed by atoms with E-state index in [2.05, 4.69) is 10.3 Å². The molecule has 0 aliphatic carbocycles. The van der Waals surface area contributed by atoms with Gasteiger partial charge in [-0.05, 0) is 24.1 Å². The number of hydrogen-bond donors (Lipinski definition) is 1. The van der Waals surface area contributed by atoms with Crippen molar-refractivity contribution in [2.75, 3.05) is 6.79 Å². The molecular weight excluding hydrogens is 298 g/mol. The van der Waals surface area contributed by atoms with Crippen LogP contribution in [0.3, 0.4) is 0 Å². The summed E-state index contributed by atoms with van der Waals surface area (Å²) in [5.74, 6) is 0.0249. The summed E-state index contributed by atoms with van der Waals surface area (Å²) in [6.45, 7) is 2.36. The summed E-state index contributed by atoms with van der Waals surface area (Å²) in [5, 5.41) is 17.1. The van der Waals surface area contributed by atoms with Crippen molar-refractivity contribution in [3.8, 4) is 11.5 Å². The Morgan fingerprint density at radius 1 is 1.48 bits per heavy atom. The third-order valence-corrected chi connectivity index (χ3v) is 3.48. The summed E-state index contributed by atoms with van der Waals surface area (Å²) >= 11 is 6.13. The fourth-order valence-corrected chi connectivity index (χ4v) is 2.55. The Morgan fingerprint density at radius 3 is 3.00 bits per heavy atom. The van der Waals surface area contributed by atoms with Crippen LogP contribution in [0.1, 0.15) is 28.7 Å². The number of nitrogens with zero attached hydrogens (tertiary/aromatic N) is 3. The number of fused-ring (bicyclic) bond motifs is 1. The van der Waals surface area contributed by atoms with Crippen LogP contribution in [0.15, 0.2) is 12.1 Å².